The maximum absolute atomic E-state index is 13.6. The van der Waals surface area contributed by atoms with Crippen molar-refractivity contribution >= 4 is 28.6 Å². The Labute approximate surface area is 124 Å². The molecule has 0 aliphatic carbocycles. The van der Waals surface area contributed by atoms with Gasteiger partial charge in [0, 0.05) is 5.69 Å². The van der Waals surface area contributed by atoms with Crippen molar-refractivity contribution in [3.8, 4) is 0 Å². The zero-order chi connectivity index (χ0) is 15.9. The van der Waals surface area contributed by atoms with Gasteiger partial charge in [0.15, 0.2) is 5.95 Å². The summed E-state index contributed by atoms with van der Waals surface area (Å²) in [4.78, 5) is 19.0. The third kappa shape index (κ3) is 2.48. The summed E-state index contributed by atoms with van der Waals surface area (Å²) >= 11 is 0. The minimum atomic E-state index is -0.586. The van der Waals surface area contributed by atoms with E-state index in [2.05, 4.69) is 15.3 Å². The summed E-state index contributed by atoms with van der Waals surface area (Å²) in [7, 11) is 0. The number of fused-ring (bicyclic) bond motifs is 1. The monoisotopic (exact) mass is 302 g/mol. The Kier molecular flexibility index (Phi) is 3.25. The van der Waals surface area contributed by atoms with Gasteiger partial charge in [-0.1, -0.05) is 0 Å². The van der Waals surface area contributed by atoms with E-state index in [1.54, 1.807) is 6.92 Å². The summed E-state index contributed by atoms with van der Waals surface area (Å²) < 4.78 is 26.8. The lowest BCUT2D eigenvalue weighted by Crippen LogP contribution is -2.13. The molecule has 0 saturated heterocycles. The van der Waals surface area contributed by atoms with E-state index in [1.165, 1.54) is 24.3 Å². The van der Waals surface area contributed by atoms with E-state index in [4.69, 9.17) is 5.73 Å². The number of aromatic nitrogens is 2. The maximum Gasteiger partial charge on any atom is 0.258 e. The SMILES string of the molecule is Cc1cc(NC(=O)c2cc(F)cc3[nH]c(N)nc23)ccc1F. The lowest BCUT2D eigenvalue weighted by Gasteiger charge is -2.07. The highest BCUT2D eigenvalue weighted by Crippen LogP contribution is 2.21. The standard InChI is InChI=1S/C15H12F2N4O/c1-7-4-9(2-3-11(7)17)19-14(22)10-5-8(16)6-12-13(10)21-15(18)20-12/h2-6H,1H3,(H,19,22)(H3,18,20,21). The summed E-state index contributed by atoms with van der Waals surface area (Å²) in [6.07, 6.45) is 0. The lowest BCUT2D eigenvalue weighted by atomic mass is 10.1. The Morgan fingerprint density at radius 1 is 1.27 bits per heavy atom. The Bertz CT molecular complexity index is 889. The van der Waals surface area contributed by atoms with Gasteiger partial charge in [0.05, 0.1) is 11.1 Å². The maximum atomic E-state index is 13.6. The van der Waals surface area contributed by atoms with E-state index in [0.29, 0.717) is 16.8 Å². The van der Waals surface area contributed by atoms with Crippen LogP contribution >= 0.6 is 0 Å². The fraction of sp³-hybridized carbons (Fsp3) is 0.0667. The van der Waals surface area contributed by atoms with Gasteiger partial charge in [-0.2, -0.15) is 0 Å². The van der Waals surface area contributed by atoms with Crippen molar-refractivity contribution in [1.29, 1.82) is 0 Å². The van der Waals surface area contributed by atoms with Crippen molar-refractivity contribution in [3.63, 3.8) is 0 Å². The summed E-state index contributed by atoms with van der Waals surface area (Å²) in [6.45, 7) is 1.58. The number of aryl methyl sites for hydroxylation is 1. The minimum Gasteiger partial charge on any atom is -0.369 e. The molecule has 1 aromatic heterocycles. The quantitative estimate of drug-likeness (QED) is 0.680. The summed E-state index contributed by atoms with van der Waals surface area (Å²) in [5.41, 5.74) is 6.99. The highest BCUT2D eigenvalue weighted by molar-refractivity contribution is 6.11. The van der Waals surface area contributed by atoms with E-state index in [1.807, 2.05) is 0 Å². The first-order valence-corrected chi connectivity index (χ1v) is 6.46. The molecule has 1 amide bonds. The van der Waals surface area contributed by atoms with E-state index < -0.39 is 11.7 Å². The summed E-state index contributed by atoms with van der Waals surface area (Å²) in [5, 5.41) is 2.59. The first kappa shape index (κ1) is 14.0. The second-order valence-corrected chi connectivity index (χ2v) is 4.89. The van der Waals surface area contributed by atoms with Crippen LogP contribution in [-0.2, 0) is 0 Å². The second-order valence-electron chi connectivity index (χ2n) is 4.89. The van der Waals surface area contributed by atoms with Crippen molar-refractivity contribution in [2.75, 3.05) is 11.1 Å². The smallest absolute Gasteiger partial charge is 0.258 e. The van der Waals surface area contributed by atoms with Gasteiger partial charge < -0.3 is 16.0 Å². The first-order chi connectivity index (χ1) is 10.4. The van der Waals surface area contributed by atoms with Crippen molar-refractivity contribution < 1.29 is 13.6 Å². The summed E-state index contributed by atoms with van der Waals surface area (Å²) in [5.74, 6) is -1.42. The number of amides is 1. The molecule has 112 valence electrons. The van der Waals surface area contributed by atoms with E-state index in [0.717, 1.165) is 6.07 Å². The number of hydrogen-bond donors (Lipinski definition) is 3. The van der Waals surface area contributed by atoms with Crippen LogP contribution in [-0.4, -0.2) is 15.9 Å². The number of imidazole rings is 1. The summed E-state index contributed by atoms with van der Waals surface area (Å²) in [6, 6.07) is 6.45. The topological polar surface area (TPSA) is 83.8 Å². The van der Waals surface area contributed by atoms with Crippen molar-refractivity contribution in [1.82, 2.24) is 9.97 Å². The third-order valence-corrected chi connectivity index (χ3v) is 3.23. The normalized spacial score (nSPS) is 10.9. The molecule has 5 nitrogen and oxygen atoms in total. The van der Waals surface area contributed by atoms with Gasteiger partial charge in [0.2, 0.25) is 0 Å². The largest absolute Gasteiger partial charge is 0.369 e. The Morgan fingerprint density at radius 3 is 2.77 bits per heavy atom. The highest BCUT2D eigenvalue weighted by atomic mass is 19.1. The minimum absolute atomic E-state index is 0.0462. The van der Waals surface area contributed by atoms with Gasteiger partial charge in [-0.15, -0.1) is 0 Å². The molecule has 0 fully saturated rings. The number of H-pyrrole nitrogens is 1. The molecule has 1 heterocycles. The molecule has 7 heteroatoms. The molecular formula is C15H12F2N4O. The number of carbonyl (C=O) groups is 1. The molecule has 3 rings (SSSR count). The zero-order valence-electron chi connectivity index (χ0n) is 11.6. The molecule has 0 saturated carbocycles. The van der Waals surface area contributed by atoms with Gasteiger partial charge in [-0.3, -0.25) is 4.79 Å². The van der Waals surface area contributed by atoms with E-state index in [9.17, 15) is 13.6 Å². The van der Waals surface area contributed by atoms with Crippen molar-refractivity contribution in [2.45, 2.75) is 6.92 Å². The van der Waals surface area contributed by atoms with Crippen LogP contribution < -0.4 is 11.1 Å². The number of anilines is 2. The number of hydrogen-bond acceptors (Lipinski definition) is 3. The van der Waals surface area contributed by atoms with E-state index >= 15 is 0 Å². The molecule has 0 bridgehead atoms. The average Bonchev–Trinajstić information content (AvgIpc) is 2.82. The predicted molar refractivity (Wildman–Crippen MR) is 79.6 cm³/mol. The number of halogens is 2. The number of aromatic amines is 1. The highest BCUT2D eigenvalue weighted by Gasteiger charge is 2.16. The number of nitrogens with zero attached hydrogens (tertiary/aromatic N) is 1. The van der Waals surface area contributed by atoms with Crippen LogP contribution in [0, 0.1) is 18.6 Å². The number of nitrogens with two attached hydrogens (primary N) is 1. The molecule has 22 heavy (non-hydrogen) atoms. The molecule has 3 aromatic rings. The van der Waals surface area contributed by atoms with Crippen LogP contribution in [0.15, 0.2) is 30.3 Å². The molecule has 0 aliphatic heterocycles. The van der Waals surface area contributed by atoms with Gasteiger partial charge >= 0.3 is 0 Å². The molecule has 0 unspecified atom stereocenters. The van der Waals surface area contributed by atoms with Crippen LogP contribution in [0.2, 0.25) is 0 Å². The molecule has 0 radical (unpaired) electrons. The fourth-order valence-electron chi connectivity index (χ4n) is 2.20. The van der Waals surface area contributed by atoms with Crippen LogP contribution in [0.3, 0.4) is 0 Å². The first-order valence-electron chi connectivity index (χ1n) is 6.46. The Hall–Kier alpha value is -2.96. The predicted octanol–water partition coefficient (Wildman–Crippen LogP) is 2.98. The van der Waals surface area contributed by atoms with Crippen LogP contribution in [0.5, 0.6) is 0 Å². The van der Waals surface area contributed by atoms with E-state index in [-0.39, 0.29) is 22.8 Å². The number of rotatable bonds is 2. The van der Waals surface area contributed by atoms with Crippen molar-refractivity contribution in [2.24, 2.45) is 0 Å². The molecule has 0 aliphatic rings. The lowest BCUT2D eigenvalue weighted by molar-refractivity contribution is 0.102. The van der Waals surface area contributed by atoms with Crippen LogP contribution in [0.4, 0.5) is 20.4 Å². The van der Waals surface area contributed by atoms with Gasteiger partial charge in [-0.05, 0) is 42.8 Å². The van der Waals surface area contributed by atoms with Gasteiger partial charge in [0.25, 0.3) is 5.91 Å². The van der Waals surface area contributed by atoms with Crippen LogP contribution in [0.1, 0.15) is 15.9 Å². The third-order valence-electron chi connectivity index (χ3n) is 3.23. The van der Waals surface area contributed by atoms with Crippen LogP contribution in [0.25, 0.3) is 11.0 Å². The average molecular weight is 302 g/mol. The molecule has 0 atom stereocenters. The number of carbonyl (C=O) groups excluding carboxylic acids is 1. The fourth-order valence-corrected chi connectivity index (χ4v) is 2.20. The van der Waals surface area contributed by atoms with Gasteiger partial charge in [-0.25, -0.2) is 13.8 Å². The number of nitrogens with one attached hydrogen (secondary N) is 2. The Morgan fingerprint density at radius 2 is 2.05 bits per heavy atom. The molecule has 0 spiro atoms. The van der Waals surface area contributed by atoms with Crippen molar-refractivity contribution in [3.05, 3.63) is 53.1 Å². The van der Waals surface area contributed by atoms with Gasteiger partial charge in [0.1, 0.15) is 17.2 Å². The molecular weight excluding hydrogens is 290 g/mol. The second kappa shape index (κ2) is 5.10. The number of benzene rings is 2. The Balaban J connectivity index is 1.99. The molecule has 4 N–H and O–H groups in total. The molecule has 2 aromatic carbocycles. The number of nitrogen functional groups attached to an aromatic ring is 1. The zero-order valence-corrected chi connectivity index (χ0v) is 11.6.